The summed E-state index contributed by atoms with van der Waals surface area (Å²) in [4.78, 5) is 29.3. The van der Waals surface area contributed by atoms with Crippen molar-refractivity contribution in [2.24, 2.45) is 0 Å². The molecule has 176 valence electrons. The maximum Gasteiger partial charge on any atom is 0.416 e. The highest BCUT2D eigenvalue weighted by Crippen LogP contribution is 2.50. The number of carboxylic acid groups (broad SMARTS) is 1. The zero-order valence-electron chi connectivity index (χ0n) is 18.3. The van der Waals surface area contributed by atoms with Gasteiger partial charge in [0.25, 0.3) is 0 Å². The van der Waals surface area contributed by atoms with E-state index in [1.165, 1.54) is 6.07 Å². The Morgan fingerprint density at radius 2 is 1.76 bits per heavy atom. The number of aromatic carboxylic acids is 1. The third-order valence-electron chi connectivity index (χ3n) is 5.99. The van der Waals surface area contributed by atoms with Crippen LogP contribution in [0.5, 0.6) is 0 Å². The van der Waals surface area contributed by atoms with Crippen molar-refractivity contribution in [3.63, 3.8) is 0 Å². The number of carboxylic acids is 1. The predicted octanol–water partition coefficient (Wildman–Crippen LogP) is 5.89. The summed E-state index contributed by atoms with van der Waals surface area (Å²) in [5.41, 5.74) is -0.108. The monoisotopic (exact) mass is 472 g/mol. The lowest BCUT2D eigenvalue weighted by Crippen LogP contribution is -2.29. The molecule has 1 heterocycles. The van der Waals surface area contributed by atoms with Crippen molar-refractivity contribution >= 4 is 17.6 Å². The van der Waals surface area contributed by atoms with Crippen LogP contribution in [-0.4, -0.2) is 22.0 Å². The maximum absolute atomic E-state index is 14.6. The first kappa shape index (κ1) is 23.4. The van der Waals surface area contributed by atoms with E-state index in [-0.39, 0.29) is 29.7 Å². The molecule has 2 aromatic carbocycles. The van der Waals surface area contributed by atoms with Gasteiger partial charge in [-0.25, -0.2) is 9.18 Å². The number of carbonyl (C=O) groups is 2. The quantitative estimate of drug-likeness (QED) is 0.454. The first-order valence-corrected chi connectivity index (χ1v) is 10.4. The molecule has 0 aliphatic heterocycles. The fraction of sp³-hybridized carbons (Fsp3) is 0.240. The Labute approximate surface area is 192 Å². The van der Waals surface area contributed by atoms with Crippen LogP contribution < -0.4 is 5.32 Å². The van der Waals surface area contributed by atoms with Crippen LogP contribution in [0.3, 0.4) is 0 Å². The second kappa shape index (κ2) is 8.23. The van der Waals surface area contributed by atoms with Crippen molar-refractivity contribution < 1.29 is 32.3 Å². The molecule has 5 nitrogen and oxygen atoms in total. The lowest BCUT2D eigenvalue weighted by Gasteiger charge is -2.19. The number of aromatic nitrogens is 1. The molecule has 0 radical (unpaired) electrons. The second-order valence-corrected chi connectivity index (χ2v) is 8.47. The van der Waals surface area contributed by atoms with Crippen LogP contribution in [0.2, 0.25) is 0 Å². The Hall–Kier alpha value is -3.75. The van der Waals surface area contributed by atoms with Crippen molar-refractivity contribution in [2.45, 2.75) is 38.3 Å². The molecule has 34 heavy (non-hydrogen) atoms. The third-order valence-corrected chi connectivity index (χ3v) is 5.99. The lowest BCUT2D eigenvalue weighted by molar-refractivity contribution is -0.137. The Morgan fingerprint density at radius 1 is 1.06 bits per heavy atom. The number of nitrogens with zero attached hydrogens (tertiary/aromatic N) is 1. The zero-order valence-corrected chi connectivity index (χ0v) is 18.3. The number of hydrogen-bond donors (Lipinski definition) is 2. The molecule has 1 saturated carbocycles. The van der Waals surface area contributed by atoms with E-state index < -0.39 is 34.8 Å². The predicted molar refractivity (Wildman–Crippen MR) is 117 cm³/mol. The Kier molecular flexibility index (Phi) is 5.67. The molecular formula is C25H20F4N2O3. The zero-order chi connectivity index (χ0) is 24.8. The molecule has 1 aliphatic rings. The SMILES string of the molecule is Cc1ccc(-c2c(C)cc(NC(=O)C3(c4ccc(C(F)(F)F)cc4F)CC3)cc2C(=O)O)nc1. The summed E-state index contributed by atoms with van der Waals surface area (Å²) < 4.78 is 53.2. The van der Waals surface area contributed by atoms with Crippen molar-refractivity contribution in [2.75, 3.05) is 5.32 Å². The average molecular weight is 472 g/mol. The number of alkyl halides is 3. The van der Waals surface area contributed by atoms with Crippen LogP contribution in [0, 0.1) is 19.7 Å². The number of halogens is 4. The molecule has 2 N–H and O–H groups in total. The van der Waals surface area contributed by atoms with Gasteiger partial charge in [-0.2, -0.15) is 13.2 Å². The van der Waals surface area contributed by atoms with Gasteiger partial charge in [0.2, 0.25) is 5.91 Å². The highest BCUT2D eigenvalue weighted by molar-refractivity contribution is 6.04. The van der Waals surface area contributed by atoms with Crippen LogP contribution in [0.1, 0.15) is 45.5 Å². The van der Waals surface area contributed by atoms with Gasteiger partial charge in [0, 0.05) is 23.0 Å². The lowest BCUT2D eigenvalue weighted by atomic mass is 9.92. The van der Waals surface area contributed by atoms with Crippen LogP contribution in [-0.2, 0) is 16.4 Å². The minimum absolute atomic E-state index is 0.0720. The van der Waals surface area contributed by atoms with Gasteiger partial charge in [-0.05, 0) is 68.1 Å². The van der Waals surface area contributed by atoms with E-state index in [9.17, 15) is 32.3 Å². The molecule has 0 unspecified atom stereocenters. The largest absolute Gasteiger partial charge is 0.478 e. The molecule has 1 aromatic heterocycles. The summed E-state index contributed by atoms with van der Waals surface area (Å²) in [6.07, 6.45) is -2.56. The van der Waals surface area contributed by atoms with E-state index in [1.54, 1.807) is 31.3 Å². The minimum Gasteiger partial charge on any atom is -0.478 e. The molecule has 0 bridgehead atoms. The molecule has 0 atom stereocenters. The van der Waals surface area contributed by atoms with Crippen LogP contribution in [0.25, 0.3) is 11.3 Å². The smallest absolute Gasteiger partial charge is 0.416 e. The minimum atomic E-state index is -4.70. The molecule has 3 aromatic rings. The number of aryl methyl sites for hydroxylation is 2. The maximum atomic E-state index is 14.6. The van der Waals surface area contributed by atoms with Crippen molar-refractivity contribution in [1.82, 2.24) is 4.98 Å². The summed E-state index contributed by atoms with van der Waals surface area (Å²) in [5, 5.41) is 12.4. The first-order chi connectivity index (χ1) is 15.9. The van der Waals surface area contributed by atoms with Gasteiger partial charge in [-0.1, -0.05) is 12.1 Å². The number of pyridine rings is 1. The van der Waals surface area contributed by atoms with E-state index in [1.807, 2.05) is 6.92 Å². The summed E-state index contributed by atoms with van der Waals surface area (Å²) >= 11 is 0. The molecule has 1 fully saturated rings. The van der Waals surface area contributed by atoms with Gasteiger partial charge in [-0.15, -0.1) is 0 Å². The van der Waals surface area contributed by atoms with E-state index in [4.69, 9.17) is 0 Å². The topological polar surface area (TPSA) is 79.3 Å². The highest BCUT2D eigenvalue weighted by atomic mass is 19.4. The number of hydrogen-bond acceptors (Lipinski definition) is 3. The van der Waals surface area contributed by atoms with Crippen molar-refractivity contribution in [3.05, 3.63) is 82.3 Å². The summed E-state index contributed by atoms with van der Waals surface area (Å²) in [7, 11) is 0. The molecule has 0 saturated heterocycles. The van der Waals surface area contributed by atoms with Gasteiger partial charge in [0.1, 0.15) is 5.82 Å². The van der Waals surface area contributed by atoms with Gasteiger partial charge < -0.3 is 10.4 Å². The van der Waals surface area contributed by atoms with Gasteiger partial charge >= 0.3 is 12.1 Å². The Bertz CT molecular complexity index is 1300. The normalized spacial score (nSPS) is 14.5. The summed E-state index contributed by atoms with van der Waals surface area (Å²) in [6.45, 7) is 3.54. The van der Waals surface area contributed by atoms with E-state index in [0.717, 1.165) is 17.7 Å². The number of nitrogens with one attached hydrogen (secondary N) is 1. The molecule has 1 aliphatic carbocycles. The van der Waals surface area contributed by atoms with Gasteiger partial charge in [0.15, 0.2) is 0 Å². The number of amides is 1. The number of anilines is 1. The molecular weight excluding hydrogens is 452 g/mol. The molecule has 0 spiro atoms. The Balaban J connectivity index is 1.66. The number of benzene rings is 2. The molecule has 4 rings (SSSR count). The van der Waals surface area contributed by atoms with E-state index in [2.05, 4.69) is 10.3 Å². The second-order valence-electron chi connectivity index (χ2n) is 8.47. The average Bonchev–Trinajstić information content (AvgIpc) is 3.55. The summed E-state index contributed by atoms with van der Waals surface area (Å²) in [6, 6.07) is 8.52. The standard InChI is InChI=1S/C25H20F4N2O3/c1-13-3-6-20(30-12-13)21-14(2)9-16(11-17(21)22(32)33)31-23(34)24(7-8-24)18-5-4-15(10-19(18)26)25(27,28)29/h3-6,9-12H,7-8H2,1-2H3,(H,31,34)(H,32,33). The fourth-order valence-electron chi connectivity index (χ4n) is 4.06. The molecule has 9 heteroatoms. The summed E-state index contributed by atoms with van der Waals surface area (Å²) in [5.74, 6) is -2.93. The van der Waals surface area contributed by atoms with Crippen LogP contribution in [0.4, 0.5) is 23.2 Å². The number of carbonyl (C=O) groups excluding carboxylic acids is 1. The highest BCUT2D eigenvalue weighted by Gasteiger charge is 2.53. The van der Waals surface area contributed by atoms with Crippen LogP contribution in [0.15, 0.2) is 48.7 Å². The van der Waals surface area contributed by atoms with Crippen molar-refractivity contribution in [3.8, 4) is 11.3 Å². The fourth-order valence-corrected chi connectivity index (χ4v) is 4.06. The van der Waals surface area contributed by atoms with Gasteiger partial charge in [-0.3, -0.25) is 9.78 Å². The molecule has 1 amide bonds. The van der Waals surface area contributed by atoms with Gasteiger partial charge in [0.05, 0.1) is 22.2 Å². The van der Waals surface area contributed by atoms with Crippen molar-refractivity contribution in [1.29, 1.82) is 0 Å². The van der Waals surface area contributed by atoms with E-state index >= 15 is 0 Å². The Morgan fingerprint density at radius 3 is 2.29 bits per heavy atom. The van der Waals surface area contributed by atoms with Crippen LogP contribution >= 0.6 is 0 Å². The van der Waals surface area contributed by atoms with E-state index in [0.29, 0.717) is 22.9 Å². The third kappa shape index (κ3) is 4.25. The first-order valence-electron chi connectivity index (χ1n) is 10.4. The number of rotatable bonds is 5.